The molecule has 2 fully saturated rings. The highest BCUT2D eigenvalue weighted by Gasteiger charge is 2.20. The van der Waals surface area contributed by atoms with Gasteiger partial charge in [0.2, 0.25) is 0 Å². The maximum atomic E-state index is 5.97. The molecule has 1 aliphatic carbocycles. The van der Waals surface area contributed by atoms with Crippen molar-refractivity contribution in [3.8, 4) is 0 Å². The summed E-state index contributed by atoms with van der Waals surface area (Å²) < 4.78 is 5.97. The van der Waals surface area contributed by atoms with Crippen LogP contribution in [0.3, 0.4) is 0 Å². The van der Waals surface area contributed by atoms with Crippen LogP contribution < -0.4 is 10.6 Å². The molecule has 0 aromatic carbocycles. The molecule has 0 spiro atoms. The second-order valence-corrected chi connectivity index (χ2v) is 7.17. The molecule has 0 aromatic heterocycles. The molecular weight excluding hydrogens is 427 g/mol. The molecule has 1 saturated carbocycles. The Kier molecular flexibility index (Phi) is 12.9. The largest absolute Gasteiger partial charge is 0.378 e. The minimum absolute atomic E-state index is 0. The summed E-state index contributed by atoms with van der Waals surface area (Å²) in [6, 6.07) is 0.626. The lowest BCUT2D eigenvalue weighted by molar-refractivity contribution is 0.0277. The van der Waals surface area contributed by atoms with Crippen molar-refractivity contribution in [2.24, 2.45) is 4.99 Å². The Morgan fingerprint density at radius 1 is 1.12 bits per heavy atom. The van der Waals surface area contributed by atoms with E-state index >= 15 is 0 Å². The smallest absolute Gasteiger partial charge is 0.191 e. The molecule has 2 rings (SSSR count). The molecule has 1 aliphatic heterocycles. The molecule has 25 heavy (non-hydrogen) atoms. The lowest BCUT2D eigenvalue weighted by atomic mass is 9.98. The molecule has 0 bridgehead atoms. The Bertz CT molecular complexity index is 355. The molecular formula is C19H39IN4O. The van der Waals surface area contributed by atoms with Crippen LogP contribution in [0, 0.1) is 0 Å². The van der Waals surface area contributed by atoms with Gasteiger partial charge in [-0.1, -0.05) is 26.2 Å². The molecule has 0 aromatic rings. The van der Waals surface area contributed by atoms with E-state index in [4.69, 9.17) is 4.74 Å². The SMILES string of the molecule is CCC(CNC(=NC)NCCCOC1CCCCC1)N1CCCC1.I. The number of aliphatic imine (C=N–C) groups is 1. The van der Waals surface area contributed by atoms with Crippen LogP contribution in [0.5, 0.6) is 0 Å². The third-order valence-electron chi connectivity index (χ3n) is 5.38. The molecule has 0 radical (unpaired) electrons. The normalized spacial score (nSPS) is 21.0. The zero-order chi connectivity index (χ0) is 17.0. The minimum atomic E-state index is 0. The fraction of sp³-hybridized carbons (Fsp3) is 0.947. The van der Waals surface area contributed by atoms with Gasteiger partial charge in [0, 0.05) is 32.8 Å². The van der Waals surface area contributed by atoms with E-state index in [0.29, 0.717) is 12.1 Å². The van der Waals surface area contributed by atoms with E-state index < -0.39 is 0 Å². The molecule has 1 unspecified atom stereocenters. The third-order valence-corrected chi connectivity index (χ3v) is 5.38. The standard InChI is InChI=1S/C19H38N4O.HI/c1-3-17(23-13-7-8-14-23)16-22-19(20-2)21-12-9-15-24-18-10-5-4-6-11-18;/h17-18H,3-16H2,1-2H3,(H2,20,21,22);1H. The molecule has 0 amide bonds. The van der Waals surface area contributed by atoms with Gasteiger partial charge in [0.25, 0.3) is 0 Å². The third kappa shape index (κ3) is 8.91. The number of halogens is 1. The maximum absolute atomic E-state index is 5.97. The first-order valence-corrected chi connectivity index (χ1v) is 10.1. The summed E-state index contributed by atoms with van der Waals surface area (Å²) in [5, 5.41) is 6.91. The lowest BCUT2D eigenvalue weighted by Crippen LogP contribution is -2.46. The fourth-order valence-electron chi connectivity index (χ4n) is 3.83. The Balaban J connectivity index is 0.00000312. The quantitative estimate of drug-likeness (QED) is 0.237. The van der Waals surface area contributed by atoms with Crippen molar-refractivity contribution in [3.63, 3.8) is 0 Å². The Labute approximate surface area is 171 Å². The van der Waals surface area contributed by atoms with Crippen LogP contribution in [-0.4, -0.2) is 62.8 Å². The van der Waals surface area contributed by atoms with Gasteiger partial charge in [-0.05, 0) is 51.6 Å². The van der Waals surface area contributed by atoms with Gasteiger partial charge < -0.3 is 15.4 Å². The van der Waals surface area contributed by atoms with Gasteiger partial charge in [-0.2, -0.15) is 0 Å². The van der Waals surface area contributed by atoms with Gasteiger partial charge in [0.05, 0.1) is 6.10 Å². The molecule has 1 atom stereocenters. The monoisotopic (exact) mass is 466 g/mol. The highest BCUT2D eigenvalue weighted by molar-refractivity contribution is 14.0. The summed E-state index contributed by atoms with van der Waals surface area (Å²) in [7, 11) is 1.85. The number of hydrogen-bond acceptors (Lipinski definition) is 3. The number of ether oxygens (including phenoxy) is 1. The Hall–Kier alpha value is -0.0800. The number of nitrogens with zero attached hydrogens (tertiary/aromatic N) is 2. The second-order valence-electron chi connectivity index (χ2n) is 7.17. The van der Waals surface area contributed by atoms with Gasteiger partial charge in [-0.3, -0.25) is 9.89 Å². The average Bonchev–Trinajstić information content (AvgIpc) is 3.15. The van der Waals surface area contributed by atoms with Crippen LogP contribution in [-0.2, 0) is 4.74 Å². The van der Waals surface area contributed by atoms with Gasteiger partial charge in [-0.15, -0.1) is 24.0 Å². The topological polar surface area (TPSA) is 48.9 Å². The number of guanidine groups is 1. The van der Waals surface area contributed by atoms with Crippen molar-refractivity contribution >= 4 is 29.9 Å². The van der Waals surface area contributed by atoms with Crippen molar-refractivity contribution in [2.75, 3.05) is 39.8 Å². The summed E-state index contributed by atoms with van der Waals surface area (Å²) in [4.78, 5) is 6.95. The van der Waals surface area contributed by atoms with Crippen molar-refractivity contribution in [1.29, 1.82) is 0 Å². The molecule has 2 aliphatic rings. The van der Waals surface area contributed by atoms with Crippen LogP contribution in [0.2, 0.25) is 0 Å². The molecule has 6 heteroatoms. The molecule has 5 nitrogen and oxygen atoms in total. The Morgan fingerprint density at radius 3 is 2.48 bits per heavy atom. The Morgan fingerprint density at radius 2 is 1.84 bits per heavy atom. The first kappa shape index (κ1) is 23.0. The van der Waals surface area contributed by atoms with E-state index in [1.54, 1.807) is 0 Å². The first-order valence-electron chi connectivity index (χ1n) is 10.1. The lowest BCUT2D eigenvalue weighted by Gasteiger charge is -2.27. The van der Waals surface area contributed by atoms with Crippen LogP contribution >= 0.6 is 24.0 Å². The molecule has 148 valence electrons. The van der Waals surface area contributed by atoms with E-state index in [1.165, 1.54) is 64.5 Å². The maximum Gasteiger partial charge on any atom is 0.191 e. The summed E-state index contributed by atoms with van der Waals surface area (Å²) in [5.74, 6) is 0.922. The van der Waals surface area contributed by atoms with Gasteiger partial charge in [-0.25, -0.2) is 0 Å². The number of nitrogens with one attached hydrogen (secondary N) is 2. The molecule has 1 heterocycles. The zero-order valence-corrected chi connectivity index (χ0v) is 18.6. The summed E-state index contributed by atoms with van der Waals surface area (Å²) in [6.45, 7) is 7.56. The zero-order valence-electron chi connectivity index (χ0n) is 16.3. The van der Waals surface area contributed by atoms with E-state index in [9.17, 15) is 0 Å². The van der Waals surface area contributed by atoms with Crippen LogP contribution in [0.4, 0.5) is 0 Å². The van der Waals surface area contributed by atoms with Crippen LogP contribution in [0.1, 0.15) is 64.7 Å². The highest BCUT2D eigenvalue weighted by atomic mass is 127. The number of likely N-dealkylation sites (tertiary alicyclic amines) is 1. The van der Waals surface area contributed by atoms with E-state index in [-0.39, 0.29) is 24.0 Å². The van der Waals surface area contributed by atoms with Crippen molar-refractivity contribution < 1.29 is 4.74 Å². The highest BCUT2D eigenvalue weighted by Crippen LogP contribution is 2.20. The summed E-state index contributed by atoms with van der Waals surface area (Å²) in [5.41, 5.74) is 0. The number of hydrogen-bond donors (Lipinski definition) is 2. The summed E-state index contributed by atoms with van der Waals surface area (Å²) in [6.07, 6.45) is 12.0. The van der Waals surface area contributed by atoms with E-state index in [0.717, 1.165) is 32.1 Å². The molecule has 1 saturated heterocycles. The first-order chi connectivity index (χ1) is 11.8. The van der Waals surface area contributed by atoms with Gasteiger partial charge in [0.15, 0.2) is 5.96 Å². The fourth-order valence-corrected chi connectivity index (χ4v) is 3.83. The van der Waals surface area contributed by atoms with Crippen molar-refractivity contribution in [1.82, 2.24) is 15.5 Å². The average molecular weight is 466 g/mol. The van der Waals surface area contributed by atoms with Gasteiger partial charge >= 0.3 is 0 Å². The van der Waals surface area contributed by atoms with E-state index in [1.807, 2.05) is 7.05 Å². The van der Waals surface area contributed by atoms with Crippen molar-refractivity contribution in [3.05, 3.63) is 0 Å². The summed E-state index contributed by atoms with van der Waals surface area (Å²) >= 11 is 0. The predicted molar refractivity (Wildman–Crippen MR) is 117 cm³/mol. The van der Waals surface area contributed by atoms with Crippen LogP contribution in [0.15, 0.2) is 4.99 Å². The van der Waals surface area contributed by atoms with Gasteiger partial charge in [0.1, 0.15) is 0 Å². The van der Waals surface area contributed by atoms with Crippen molar-refractivity contribution in [2.45, 2.75) is 76.9 Å². The second kappa shape index (κ2) is 14.0. The number of rotatable bonds is 9. The predicted octanol–water partition coefficient (Wildman–Crippen LogP) is 3.38. The molecule has 2 N–H and O–H groups in total. The van der Waals surface area contributed by atoms with E-state index in [2.05, 4.69) is 27.4 Å². The minimum Gasteiger partial charge on any atom is -0.378 e. The van der Waals surface area contributed by atoms with Crippen LogP contribution in [0.25, 0.3) is 0 Å².